The summed E-state index contributed by atoms with van der Waals surface area (Å²) in [6.07, 6.45) is 4.66. The SMILES string of the molecule is CC(C=CC(=O)O)=Cc1ccc(I)cc1. The second kappa shape index (κ2) is 5.70. The van der Waals surface area contributed by atoms with E-state index >= 15 is 0 Å². The van der Waals surface area contributed by atoms with E-state index in [1.165, 1.54) is 3.57 Å². The van der Waals surface area contributed by atoms with Crippen LogP contribution >= 0.6 is 22.6 Å². The van der Waals surface area contributed by atoms with Crippen LogP contribution in [0, 0.1) is 3.57 Å². The van der Waals surface area contributed by atoms with Crippen LogP contribution in [0.3, 0.4) is 0 Å². The van der Waals surface area contributed by atoms with Crippen LogP contribution in [0.25, 0.3) is 6.08 Å². The molecular formula is C12H11IO2. The van der Waals surface area contributed by atoms with Crippen molar-refractivity contribution in [1.29, 1.82) is 0 Å². The third kappa shape index (κ3) is 4.78. The molecule has 1 N–H and O–H groups in total. The van der Waals surface area contributed by atoms with E-state index in [1.807, 2.05) is 37.3 Å². The lowest BCUT2D eigenvalue weighted by atomic mass is 10.1. The molecule has 0 amide bonds. The number of carboxylic acid groups (broad SMARTS) is 1. The van der Waals surface area contributed by atoms with Crippen molar-refractivity contribution in [3.63, 3.8) is 0 Å². The van der Waals surface area contributed by atoms with Gasteiger partial charge in [-0.15, -0.1) is 0 Å². The van der Waals surface area contributed by atoms with Crippen LogP contribution in [0.2, 0.25) is 0 Å². The number of halogens is 1. The number of allylic oxidation sites excluding steroid dienone is 2. The van der Waals surface area contributed by atoms with Crippen molar-refractivity contribution >= 4 is 34.6 Å². The zero-order valence-corrected chi connectivity index (χ0v) is 10.4. The highest BCUT2D eigenvalue weighted by Crippen LogP contribution is 2.10. The van der Waals surface area contributed by atoms with Crippen LogP contribution < -0.4 is 0 Å². The molecule has 0 saturated heterocycles. The van der Waals surface area contributed by atoms with Crippen LogP contribution in [0.1, 0.15) is 12.5 Å². The molecule has 15 heavy (non-hydrogen) atoms. The van der Waals surface area contributed by atoms with Crippen LogP contribution in [-0.2, 0) is 4.79 Å². The monoisotopic (exact) mass is 314 g/mol. The molecule has 0 aliphatic carbocycles. The zero-order valence-electron chi connectivity index (χ0n) is 8.27. The van der Waals surface area contributed by atoms with E-state index in [2.05, 4.69) is 22.6 Å². The molecule has 0 heterocycles. The van der Waals surface area contributed by atoms with Gasteiger partial charge < -0.3 is 5.11 Å². The Morgan fingerprint density at radius 3 is 2.40 bits per heavy atom. The summed E-state index contributed by atoms with van der Waals surface area (Å²) in [5, 5.41) is 8.45. The molecule has 0 spiro atoms. The molecule has 1 aromatic rings. The van der Waals surface area contributed by atoms with Gasteiger partial charge in [-0.05, 0) is 47.2 Å². The number of carbonyl (C=O) groups is 1. The van der Waals surface area contributed by atoms with Crippen molar-refractivity contribution in [1.82, 2.24) is 0 Å². The van der Waals surface area contributed by atoms with Gasteiger partial charge in [0.15, 0.2) is 0 Å². The number of carboxylic acids is 1. The molecule has 0 unspecified atom stereocenters. The summed E-state index contributed by atoms with van der Waals surface area (Å²) in [6, 6.07) is 8.03. The summed E-state index contributed by atoms with van der Waals surface area (Å²) < 4.78 is 1.18. The van der Waals surface area contributed by atoms with Crippen LogP contribution in [0.5, 0.6) is 0 Å². The third-order valence-corrected chi connectivity index (χ3v) is 2.47. The van der Waals surface area contributed by atoms with Gasteiger partial charge in [0, 0.05) is 9.65 Å². The van der Waals surface area contributed by atoms with E-state index in [4.69, 9.17) is 5.11 Å². The molecule has 0 radical (unpaired) electrons. The smallest absolute Gasteiger partial charge is 0.328 e. The van der Waals surface area contributed by atoms with E-state index < -0.39 is 5.97 Å². The van der Waals surface area contributed by atoms with E-state index in [1.54, 1.807) is 6.08 Å². The quantitative estimate of drug-likeness (QED) is 0.528. The molecule has 1 rings (SSSR count). The van der Waals surface area contributed by atoms with Crippen molar-refractivity contribution in [2.75, 3.05) is 0 Å². The molecule has 78 valence electrons. The maximum Gasteiger partial charge on any atom is 0.328 e. The lowest BCUT2D eigenvalue weighted by Crippen LogP contribution is -1.85. The first-order valence-electron chi connectivity index (χ1n) is 4.43. The molecule has 2 nitrogen and oxygen atoms in total. The fraction of sp³-hybridized carbons (Fsp3) is 0.0833. The second-order valence-corrected chi connectivity index (χ2v) is 4.36. The minimum absolute atomic E-state index is 0.915. The molecule has 0 fully saturated rings. The summed E-state index contributed by atoms with van der Waals surface area (Å²) in [5.41, 5.74) is 1.99. The standard InChI is InChI=1S/C12H11IO2/c1-9(2-7-12(14)15)8-10-3-5-11(13)6-4-10/h2-8H,1H3,(H,14,15). The first kappa shape index (κ1) is 12.0. The van der Waals surface area contributed by atoms with Gasteiger partial charge in [0.1, 0.15) is 0 Å². The number of benzene rings is 1. The molecule has 3 heteroatoms. The van der Waals surface area contributed by atoms with E-state index in [9.17, 15) is 4.79 Å². The van der Waals surface area contributed by atoms with Crippen molar-refractivity contribution in [3.8, 4) is 0 Å². The molecule has 0 aliphatic rings. The van der Waals surface area contributed by atoms with Gasteiger partial charge in [-0.3, -0.25) is 0 Å². The highest BCUT2D eigenvalue weighted by Gasteiger charge is 1.90. The fourth-order valence-electron chi connectivity index (χ4n) is 1.07. The summed E-state index contributed by atoms with van der Waals surface area (Å²) in [4.78, 5) is 10.3. The summed E-state index contributed by atoms with van der Waals surface area (Å²) in [5.74, 6) is -0.926. The van der Waals surface area contributed by atoms with Crippen LogP contribution in [-0.4, -0.2) is 11.1 Å². The van der Waals surface area contributed by atoms with Gasteiger partial charge >= 0.3 is 5.97 Å². The lowest BCUT2D eigenvalue weighted by molar-refractivity contribution is -0.131. The Labute approximate surface area is 102 Å². The number of hydrogen-bond acceptors (Lipinski definition) is 1. The maximum absolute atomic E-state index is 10.3. The average molecular weight is 314 g/mol. The minimum atomic E-state index is -0.926. The van der Waals surface area contributed by atoms with Crippen molar-refractivity contribution in [2.24, 2.45) is 0 Å². The molecule has 0 aromatic heterocycles. The highest BCUT2D eigenvalue weighted by molar-refractivity contribution is 14.1. The molecular weight excluding hydrogens is 303 g/mol. The minimum Gasteiger partial charge on any atom is -0.478 e. The first-order valence-corrected chi connectivity index (χ1v) is 5.50. The van der Waals surface area contributed by atoms with Gasteiger partial charge in [0.2, 0.25) is 0 Å². The Kier molecular flexibility index (Phi) is 4.55. The topological polar surface area (TPSA) is 37.3 Å². The van der Waals surface area contributed by atoms with Gasteiger partial charge in [0.25, 0.3) is 0 Å². The van der Waals surface area contributed by atoms with E-state index in [0.717, 1.165) is 17.2 Å². The van der Waals surface area contributed by atoms with Crippen LogP contribution in [0.4, 0.5) is 0 Å². The number of aliphatic carboxylic acids is 1. The van der Waals surface area contributed by atoms with Gasteiger partial charge in [-0.2, -0.15) is 0 Å². The third-order valence-electron chi connectivity index (χ3n) is 1.75. The second-order valence-electron chi connectivity index (χ2n) is 3.11. The molecule has 0 aliphatic heterocycles. The largest absolute Gasteiger partial charge is 0.478 e. The zero-order chi connectivity index (χ0) is 11.3. The van der Waals surface area contributed by atoms with E-state index in [-0.39, 0.29) is 0 Å². The lowest BCUT2D eigenvalue weighted by Gasteiger charge is -1.95. The normalized spacial score (nSPS) is 12.0. The number of hydrogen-bond donors (Lipinski definition) is 1. The van der Waals surface area contributed by atoms with Gasteiger partial charge in [-0.25, -0.2) is 4.79 Å². The summed E-state index contributed by atoms with van der Waals surface area (Å²) in [6.45, 7) is 1.87. The number of rotatable bonds is 3. The molecule has 0 atom stereocenters. The van der Waals surface area contributed by atoms with Gasteiger partial charge in [0.05, 0.1) is 0 Å². The van der Waals surface area contributed by atoms with Crippen molar-refractivity contribution in [3.05, 3.63) is 51.1 Å². The fourth-order valence-corrected chi connectivity index (χ4v) is 1.43. The van der Waals surface area contributed by atoms with E-state index in [0.29, 0.717) is 0 Å². The summed E-state index contributed by atoms with van der Waals surface area (Å²) >= 11 is 2.24. The highest BCUT2D eigenvalue weighted by atomic mass is 127. The van der Waals surface area contributed by atoms with Crippen LogP contribution in [0.15, 0.2) is 42.0 Å². The first-order chi connectivity index (χ1) is 7.08. The molecule has 1 aromatic carbocycles. The Hall–Kier alpha value is -1.10. The average Bonchev–Trinajstić information content (AvgIpc) is 2.19. The Morgan fingerprint density at radius 2 is 1.87 bits per heavy atom. The van der Waals surface area contributed by atoms with Crippen molar-refractivity contribution in [2.45, 2.75) is 6.92 Å². The van der Waals surface area contributed by atoms with Crippen molar-refractivity contribution < 1.29 is 9.90 Å². The molecule has 0 bridgehead atoms. The Morgan fingerprint density at radius 1 is 1.27 bits per heavy atom. The predicted molar refractivity (Wildman–Crippen MR) is 69.6 cm³/mol. The Bertz CT molecular complexity index is 402. The van der Waals surface area contributed by atoms with Gasteiger partial charge in [-0.1, -0.05) is 29.9 Å². The summed E-state index contributed by atoms with van der Waals surface area (Å²) in [7, 11) is 0. The predicted octanol–water partition coefficient (Wildman–Crippen LogP) is 3.34. The Balaban J connectivity index is 2.78. The molecule has 0 saturated carbocycles. The maximum atomic E-state index is 10.3.